The smallest absolute Gasteiger partial charge is 0.172 e. The molecule has 4 nitrogen and oxygen atoms in total. The van der Waals surface area contributed by atoms with Gasteiger partial charge in [0.25, 0.3) is 0 Å². The fourth-order valence-corrected chi connectivity index (χ4v) is 6.42. The standard InChI is InChI=1S/C45H81NO3/c1-3-5-7-9-11-13-15-17-19-21-22-24-26-28-30-32-34-38-45(49-43-44(47)42-46-39-35-36-40-46)48-41-37-33-31-29-27-25-23-20-18-16-14-12-10-8-6-4-2/h11-14,17-20,45H,3-10,15-16,21-43H2,1-2H3/b13-11-,14-12-,19-17-,20-18-. The largest absolute Gasteiger partial charge is 0.353 e. The van der Waals surface area contributed by atoms with E-state index in [-0.39, 0.29) is 18.7 Å². The predicted molar refractivity (Wildman–Crippen MR) is 214 cm³/mol. The van der Waals surface area contributed by atoms with E-state index in [1.54, 1.807) is 0 Å². The van der Waals surface area contributed by atoms with Crippen molar-refractivity contribution in [3.05, 3.63) is 48.6 Å². The Morgan fingerprint density at radius 2 is 0.959 bits per heavy atom. The minimum atomic E-state index is -0.238. The summed E-state index contributed by atoms with van der Waals surface area (Å²) in [6, 6.07) is 0. The van der Waals surface area contributed by atoms with E-state index < -0.39 is 0 Å². The van der Waals surface area contributed by atoms with Crippen LogP contribution in [-0.4, -0.2) is 49.8 Å². The van der Waals surface area contributed by atoms with Crippen molar-refractivity contribution in [3.8, 4) is 0 Å². The second-order valence-corrected chi connectivity index (χ2v) is 14.4. The van der Waals surface area contributed by atoms with Crippen molar-refractivity contribution in [2.45, 2.75) is 200 Å². The van der Waals surface area contributed by atoms with Crippen molar-refractivity contribution in [2.75, 3.05) is 32.8 Å². The van der Waals surface area contributed by atoms with Gasteiger partial charge in [-0.1, -0.05) is 146 Å². The molecule has 0 aromatic heterocycles. The Bertz CT molecular complexity index is 760. The van der Waals surface area contributed by atoms with Crippen LogP contribution in [0, 0.1) is 0 Å². The number of likely N-dealkylation sites (tertiary alicyclic amines) is 1. The predicted octanol–water partition coefficient (Wildman–Crippen LogP) is 13.4. The molecule has 1 atom stereocenters. The molecular formula is C45H81NO3. The molecule has 1 fully saturated rings. The van der Waals surface area contributed by atoms with Crippen molar-refractivity contribution in [3.63, 3.8) is 0 Å². The Labute approximate surface area is 305 Å². The third-order valence-corrected chi connectivity index (χ3v) is 9.57. The molecule has 1 rings (SSSR count). The molecule has 1 heterocycles. The van der Waals surface area contributed by atoms with Crippen molar-refractivity contribution in [2.24, 2.45) is 0 Å². The van der Waals surface area contributed by atoms with Crippen LogP contribution in [0.1, 0.15) is 194 Å². The zero-order valence-corrected chi connectivity index (χ0v) is 32.7. The fraction of sp³-hybridized carbons (Fsp3) is 0.800. The molecular weight excluding hydrogens is 602 g/mol. The zero-order chi connectivity index (χ0) is 35.1. The molecule has 0 aromatic carbocycles. The van der Waals surface area contributed by atoms with Crippen LogP contribution in [0.5, 0.6) is 0 Å². The second kappa shape index (κ2) is 37.8. The lowest BCUT2D eigenvalue weighted by Crippen LogP contribution is -2.31. The van der Waals surface area contributed by atoms with E-state index in [9.17, 15) is 4.79 Å². The van der Waals surface area contributed by atoms with Crippen LogP contribution < -0.4 is 0 Å². The Morgan fingerprint density at radius 1 is 0.531 bits per heavy atom. The van der Waals surface area contributed by atoms with E-state index in [0.717, 1.165) is 51.8 Å². The molecule has 0 amide bonds. The number of carbonyl (C=O) groups excluding carboxylic acids is 1. The van der Waals surface area contributed by atoms with E-state index in [1.165, 1.54) is 148 Å². The monoisotopic (exact) mass is 684 g/mol. The summed E-state index contributed by atoms with van der Waals surface area (Å²) < 4.78 is 12.2. The summed E-state index contributed by atoms with van der Waals surface area (Å²) in [6.45, 7) is 8.08. The first-order valence-electron chi connectivity index (χ1n) is 21.3. The summed E-state index contributed by atoms with van der Waals surface area (Å²) in [4.78, 5) is 14.8. The molecule has 1 unspecified atom stereocenters. The average molecular weight is 684 g/mol. The Kier molecular flexibility index (Phi) is 35.1. The van der Waals surface area contributed by atoms with Gasteiger partial charge in [0.1, 0.15) is 6.61 Å². The van der Waals surface area contributed by atoms with Gasteiger partial charge in [-0.15, -0.1) is 0 Å². The molecule has 0 bridgehead atoms. The van der Waals surface area contributed by atoms with Gasteiger partial charge in [0.05, 0.1) is 6.54 Å². The molecule has 1 aliphatic rings. The normalized spacial score (nSPS) is 14.9. The molecule has 0 saturated carbocycles. The molecule has 0 N–H and O–H groups in total. The number of Topliss-reactive ketones (excluding diaryl/α,β-unsaturated/α-hetero) is 1. The summed E-state index contributed by atoms with van der Waals surface area (Å²) in [6.07, 6.45) is 53.2. The summed E-state index contributed by atoms with van der Waals surface area (Å²) in [5.41, 5.74) is 0. The Hall–Kier alpha value is -1.49. The lowest BCUT2D eigenvalue weighted by molar-refractivity contribution is -0.159. The highest BCUT2D eigenvalue weighted by Crippen LogP contribution is 2.15. The van der Waals surface area contributed by atoms with Crippen LogP contribution in [0.4, 0.5) is 0 Å². The minimum Gasteiger partial charge on any atom is -0.353 e. The maximum absolute atomic E-state index is 12.5. The average Bonchev–Trinajstić information content (AvgIpc) is 3.62. The molecule has 49 heavy (non-hydrogen) atoms. The van der Waals surface area contributed by atoms with Crippen molar-refractivity contribution in [1.29, 1.82) is 0 Å². The quantitative estimate of drug-likeness (QED) is 0.0371. The third-order valence-electron chi connectivity index (χ3n) is 9.57. The van der Waals surface area contributed by atoms with Gasteiger partial charge >= 0.3 is 0 Å². The SMILES string of the molecule is CCCCC/C=C\C/C=C\CCCCCCCCCC(OCCCCCCCC/C=C\C/C=C\CCCCC)OCC(=O)CN1CCCC1. The van der Waals surface area contributed by atoms with Crippen molar-refractivity contribution >= 4 is 5.78 Å². The molecule has 1 saturated heterocycles. The summed E-state index contributed by atoms with van der Waals surface area (Å²) >= 11 is 0. The maximum atomic E-state index is 12.5. The van der Waals surface area contributed by atoms with E-state index in [1.807, 2.05) is 0 Å². The van der Waals surface area contributed by atoms with E-state index >= 15 is 0 Å². The number of allylic oxidation sites excluding steroid dienone is 8. The van der Waals surface area contributed by atoms with Gasteiger partial charge in [0.15, 0.2) is 12.1 Å². The second-order valence-electron chi connectivity index (χ2n) is 14.4. The molecule has 284 valence electrons. The zero-order valence-electron chi connectivity index (χ0n) is 32.7. The van der Waals surface area contributed by atoms with E-state index in [4.69, 9.17) is 9.47 Å². The summed E-state index contributed by atoms with van der Waals surface area (Å²) in [5.74, 6) is 0.193. The highest BCUT2D eigenvalue weighted by molar-refractivity contribution is 5.81. The van der Waals surface area contributed by atoms with Crippen molar-refractivity contribution < 1.29 is 14.3 Å². The number of ketones is 1. The van der Waals surface area contributed by atoms with Gasteiger partial charge in [0.2, 0.25) is 0 Å². The number of hydrogen-bond donors (Lipinski definition) is 0. The van der Waals surface area contributed by atoms with Crippen LogP contribution in [0.15, 0.2) is 48.6 Å². The fourth-order valence-electron chi connectivity index (χ4n) is 6.42. The van der Waals surface area contributed by atoms with Crippen molar-refractivity contribution in [1.82, 2.24) is 4.90 Å². The molecule has 0 radical (unpaired) electrons. The first-order chi connectivity index (χ1) is 24.3. The Balaban J connectivity index is 2.10. The number of hydrogen-bond acceptors (Lipinski definition) is 4. The number of rotatable bonds is 37. The van der Waals surface area contributed by atoms with Gasteiger partial charge in [-0.25, -0.2) is 0 Å². The lowest BCUT2D eigenvalue weighted by Gasteiger charge is -2.19. The first-order valence-corrected chi connectivity index (χ1v) is 21.3. The minimum absolute atomic E-state index is 0.189. The number of carbonyl (C=O) groups is 1. The summed E-state index contributed by atoms with van der Waals surface area (Å²) in [5, 5.41) is 0. The van der Waals surface area contributed by atoms with Crippen LogP contribution in [0.2, 0.25) is 0 Å². The van der Waals surface area contributed by atoms with Gasteiger partial charge < -0.3 is 9.47 Å². The Morgan fingerprint density at radius 3 is 1.45 bits per heavy atom. The molecule has 0 aliphatic carbocycles. The first kappa shape index (κ1) is 45.5. The summed E-state index contributed by atoms with van der Waals surface area (Å²) in [7, 11) is 0. The van der Waals surface area contributed by atoms with Crippen LogP contribution in [0.3, 0.4) is 0 Å². The third kappa shape index (κ3) is 33.4. The highest BCUT2D eigenvalue weighted by Gasteiger charge is 2.17. The van der Waals surface area contributed by atoms with Crippen LogP contribution >= 0.6 is 0 Å². The molecule has 0 aromatic rings. The molecule has 4 heteroatoms. The van der Waals surface area contributed by atoms with Gasteiger partial charge in [0, 0.05) is 6.61 Å². The lowest BCUT2D eigenvalue weighted by atomic mass is 10.1. The van der Waals surface area contributed by atoms with Gasteiger partial charge in [-0.05, 0) is 109 Å². The maximum Gasteiger partial charge on any atom is 0.172 e. The molecule has 1 aliphatic heterocycles. The number of nitrogens with zero attached hydrogens (tertiary/aromatic N) is 1. The van der Waals surface area contributed by atoms with Crippen LogP contribution in [0.25, 0.3) is 0 Å². The van der Waals surface area contributed by atoms with E-state index in [2.05, 4.69) is 67.4 Å². The topological polar surface area (TPSA) is 38.8 Å². The number of unbranched alkanes of at least 4 members (excludes halogenated alkanes) is 19. The van der Waals surface area contributed by atoms with Crippen LogP contribution in [-0.2, 0) is 14.3 Å². The van der Waals surface area contributed by atoms with E-state index in [0.29, 0.717) is 6.54 Å². The number of ether oxygens (including phenoxy) is 2. The van der Waals surface area contributed by atoms with Gasteiger partial charge in [-0.2, -0.15) is 0 Å². The molecule has 0 spiro atoms. The highest BCUT2D eigenvalue weighted by atomic mass is 16.7. The van der Waals surface area contributed by atoms with Gasteiger partial charge in [-0.3, -0.25) is 9.69 Å².